The Hall–Kier alpha value is -2.00. The van der Waals surface area contributed by atoms with Gasteiger partial charge in [-0.05, 0) is 48.6 Å². The van der Waals surface area contributed by atoms with E-state index in [0.717, 1.165) is 22.4 Å². The number of methoxy groups -OCH3 is 1. The molecule has 168 valence electrons. The Kier molecular flexibility index (Phi) is 8.05. The number of ether oxygens (including phenoxy) is 2. The van der Waals surface area contributed by atoms with Crippen molar-refractivity contribution >= 4 is 17.3 Å². The summed E-state index contributed by atoms with van der Waals surface area (Å²) >= 11 is 6.42. The molecule has 8 heteroatoms. The Morgan fingerprint density at radius 2 is 1.77 bits per heavy atom. The molecule has 1 fully saturated rings. The zero-order valence-electron chi connectivity index (χ0n) is 17.7. The highest BCUT2D eigenvalue weighted by molar-refractivity contribution is 6.31. The molecule has 0 amide bonds. The van der Waals surface area contributed by atoms with Crippen molar-refractivity contribution in [2.24, 2.45) is 5.16 Å². The minimum atomic E-state index is -1.39. The van der Waals surface area contributed by atoms with Crippen LogP contribution in [0.3, 0.4) is 0 Å². The van der Waals surface area contributed by atoms with Gasteiger partial charge in [-0.15, -0.1) is 0 Å². The van der Waals surface area contributed by atoms with Crippen LogP contribution < -0.4 is 0 Å². The molecule has 0 spiro atoms. The number of aliphatic hydroxyl groups is 3. The summed E-state index contributed by atoms with van der Waals surface area (Å²) in [5, 5.41) is 35.2. The Balaban J connectivity index is 1.80. The van der Waals surface area contributed by atoms with Crippen molar-refractivity contribution in [2.75, 3.05) is 13.7 Å². The lowest BCUT2D eigenvalue weighted by Gasteiger charge is -2.40. The Labute approximate surface area is 186 Å². The molecule has 5 unspecified atom stereocenters. The topological polar surface area (TPSA) is 101 Å². The van der Waals surface area contributed by atoms with E-state index in [9.17, 15) is 15.3 Å². The van der Waals surface area contributed by atoms with Crippen LogP contribution in [-0.2, 0) is 20.7 Å². The second-order valence-corrected chi connectivity index (χ2v) is 7.86. The van der Waals surface area contributed by atoms with Crippen LogP contribution in [0.2, 0.25) is 5.02 Å². The van der Waals surface area contributed by atoms with E-state index in [4.69, 9.17) is 25.9 Å². The van der Waals surface area contributed by atoms with Gasteiger partial charge in [0.2, 0.25) is 0 Å². The fourth-order valence-corrected chi connectivity index (χ4v) is 3.71. The zero-order chi connectivity index (χ0) is 22.5. The Morgan fingerprint density at radius 3 is 2.42 bits per heavy atom. The molecule has 2 aromatic rings. The van der Waals surface area contributed by atoms with E-state index in [1.807, 2.05) is 44.2 Å². The average molecular weight is 450 g/mol. The molecule has 1 aliphatic heterocycles. The summed E-state index contributed by atoms with van der Waals surface area (Å²) in [6.45, 7) is 4.29. The fraction of sp³-hybridized carbons (Fsp3) is 0.435. The van der Waals surface area contributed by atoms with E-state index in [-0.39, 0.29) is 0 Å². The van der Waals surface area contributed by atoms with Crippen LogP contribution in [0.25, 0.3) is 0 Å². The van der Waals surface area contributed by atoms with Crippen molar-refractivity contribution in [3.05, 3.63) is 69.7 Å². The minimum absolute atomic E-state index is 0.519. The Morgan fingerprint density at radius 1 is 1.06 bits per heavy atom. The maximum absolute atomic E-state index is 10.4. The van der Waals surface area contributed by atoms with Gasteiger partial charge in [-0.1, -0.05) is 53.2 Å². The largest absolute Gasteiger partial charge is 0.396 e. The lowest BCUT2D eigenvalue weighted by Crippen LogP contribution is -2.54. The van der Waals surface area contributed by atoms with Crippen LogP contribution in [0.4, 0.5) is 0 Å². The number of rotatable bonds is 7. The van der Waals surface area contributed by atoms with Crippen molar-refractivity contribution in [3.63, 3.8) is 0 Å². The first-order chi connectivity index (χ1) is 14.8. The third-order valence-corrected chi connectivity index (χ3v) is 5.67. The highest BCUT2D eigenvalue weighted by atomic mass is 35.5. The van der Waals surface area contributed by atoms with Gasteiger partial charge in [-0.25, -0.2) is 0 Å². The summed E-state index contributed by atoms with van der Waals surface area (Å²) in [5.41, 5.74) is 4.29. The molecule has 2 aromatic carbocycles. The van der Waals surface area contributed by atoms with Gasteiger partial charge >= 0.3 is 0 Å². The molecule has 0 bridgehead atoms. The van der Waals surface area contributed by atoms with Crippen molar-refractivity contribution in [1.82, 2.24) is 0 Å². The van der Waals surface area contributed by atoms with Crippen LogP contribution in [-0.4, -0.2) is 59.3 Å². The third kappa shape index (κ3) is 5.44. The predicted molar refractivity (Wildman–Crippen MR) is 117 cm³/mol. The number of hydrogen-bond donors (Lipinski definition) is 3. The van der Waals surface area contributed by atoms with Crippen LogP contribution >= 0.6 is 11.6 Å². The predicted octanol–water partition coefficient (Wildman–Crippen LogP) is 2.82. The number of aliphatic hydroxyl groups excluding tert-OH is 3. The van der Waals surface area contributed by atoms with Gasteiger partial charge in [0.1, 0.15) is 31.0 Å². The van der Waals surface area contributed by atoms with Crippen molar-refractivity contribution in [1.29, 1.82) is 0 Å². The summed E-state index contributed by atoms with van der Waals surface area (Å²) in [4.78, 5) is 5.10. The third-order valence-electron chi connectivity index (χ3n) is 5.30. The molecule has 31 heavy (non-hydrogen) atoms. The van der Waals surface area contributed by atoms with Gasteiger partial charge in [0.25, 0.3) is 0 Å². The first kappa shape index (κ1) is 23.7. The number of nitrogens with zero attached hydrogens (tertiary/aromatic N) is 1. The van der Waals surface area contributed by atoms with Crippen molar-refractivity contribution in [3.8, 4) is 0 Å². The molecule has 1 saturated heterocycles. The summed E-state index contributed by atoms with van der Waals surface area (Å²) < 4.78 is 10.8. The molecular weight excluding hydrogens is 422 g/mol. The standard InChI is InChI=1S/C23H28ClNO6/c1-4-30-25-13(2)15-7-5-14(6-8-15)11-17-12-16(9-10-18(17)24)22-20(27)19(26)21(28)23(29-3)31-22/h5-10,12,19-23,26-28H,4,11H2,1-3H3. The molecular formula is C23H28ClNO6. The SMILES string of the molecule is CCON=C(C)c1ccc(Cc2cc(C3OC(OC)C(O)C(O)C3O)ccc2Cl)cc1. The molecule has 5 atom stereocenters. The normalized spacial score (nSPS) is 26.7. The van der Waals surface area contributed by atoms with Gasteiger partial charge in [0.15, 0.2) is 6.29 Å². The van der Waals surface area contributed by atoms with Gasteiger partial charge in [0, 0.05) is 12.1 Å². The number of hydrogen-bond acceptors (Lipinski definition) is 7. The minimum Gasteiger partial charge on any atom is -0.396 e. The quantitative estimate of drug-likeness (QED) is 0.444. The lowest BCUT2D eigenvalue weighted by molar-refractivity contribution is -0.292. The smallest absolute Gasteiger partial charge is 0.186 e. The van der Waals surface area contributed by atoms with E-state index >= 15 is 0 Å². The summed E-state index contributed by atoms with van der Waals surface area (Å²) in [6.07, 6.45) is -5.37. The summed E-state index contributed by atoms with van der Waals surface area (Å²) in [7, 11) is 1.37. The monoisotopic (exact) mass is 449 g/mol. The molecule has 3 rings (SSSR count). The molecule has 1 aliphatic rings. The van der Waals surface area contributed by atoms with Crippen molar-refractivity contribution < 1.29 is 29.6 Å². The van der Waals surface area contributed by atoms with Gasteiger partial charge in [-0.3, -0.25) is 0 Å². The molecule has 3 N–H and O–H groups in total. The van der Waals surface area contributed by atoms with E-state index < -0.39 is 30.7 Å². The maximum atomic E-state index is 10.4. The summed E-state index contributed by atoms with van der Waals surface area (Å²) in [6, 6.07) is 13.2. The van der Waals surface area contributed by atoms with Gasteiger partial charge < -0.3 is 29.6 Å². The molecule has 1 heterocycles. The van der Waals surface area contributed by atoms with Crippen LogP contribution in [0, 0.1) is 0 Å². The first-order valence-corrected chi connectivity index (χ1v) is 10.5. The number of oxime groups is 1. The molecule has 0 saturated carbocycles. The zero-order valence-corrected chi connectivity index (χ0v) is 18.5. The van der Waals surface area contributed by atoms with E-state index in [0.29, 0.717) is 23.6 Å². The fourth-order valence-electron chi connectivity index (χ4n) is 3.52. The van der Waals surface area contributed by atoms with Crippen LogP contribution in [0.1, 0.15) is 42.2 Å². The van der Waals surface area contributed by atoms with Crippen LogP contribution in [0.15, 0.2) is 47.6 Å². The number of halogens is 1. The first-order valence-electron chi connectivity index (χ1n) is 10.1. The maximum Gasteiger partial charge on any atom is 0.186 e. The highest BCUT2D eigenvalue weighted by Gasteiger charge is 2.44. The van der Waals surface area contributed by atoms with E-state index in [1.54, 1.807) is 12.1 Å². The van der Waals surface area contributed by atoms with E-state index in [2.05, 4.69) is 5.16 Å². The lowest BCUT2D eigenvalue weighted by atomic mass is 9.92. The Bertz CT molecular complexity index is 901. The molecule has 7 nitrogen and oxygen atoms in total. The average Bonchev–Trinajstić information content (AvgIpc) is 2.78. The molecule has 0 aliphatic carbocycles. The molecule has 0 radical (unpaired) electrons. The van der Waals surface area contributed by atoms with Gasteiger partial charge in [0.05, 0.1) is 5.71 Å². The van der Waals surface area contributed by atoms with E-state index in [1.165, 1.54) is 7.11 Å². The van der Waals surface area contributed by atoms with Gasteiger partial charge in [-0.2, -0.15) is 0 Å². The molecule has 0 aromatic heterocycles. The second-order valence-electron chi connectivity index (χ2n) is 7.45. The highest BCUT2D eigenvalue weighted by Crippen LogP contribution is 2.34. The number of benzene rings is 2. The summed E-state index contributed by atoms with van der Waals surface area (Å²) in [5.74, 6) is 0. The second kappa shape index (κ2) is 10.5. The van der Waals surface area contributed by atoms with Crippen LogP contribution in [0.5, 0.6) is 0 Å². The van der Waals surface area contributed by atoms with Crippen molar-refractivity contribution in [2.45, 2.75) is 51.0 Å².